The number of aromatic nitrogens is 4. The molecule has 0 aliphatic rings. The Hall–Kier alpha value is -3.00. The van der Waals surface area contributed by atoms with E-state index in [2.05, 4.69) is 25.5 Å². The van der Waals surface area contributed by atoms with Crippen LogP contribution >= 0.6 is 0 Å². The molecule has 0 saturated heterocycles. The van der Waals surface area contributed by atoms with Gasteiger partial charge in [0.1, 0.15) is 12.1 Å². The summed E-state index contributed by atoms with van der Waals surface area (Å²) in [6, 6.07) is 10.6. The van der Waals surface area contributed by atoms with E-state index in [1.165, 1.54) is 12.6 Å². The van der Waals surface area contributed by atoms with Crippen molar-refractivity contribution in [2.75, 3.05) is 11.6 Å². The maximum atomic E-state index is 11.8. The molecule has 0 fully saturated rings. The van der Waals surface area contributed by atoms with Crippen LogP contribution in [-0.2, 0) is 9.84 Å². The molecule has 0 aliphatic heterocycles. The molecular weight excluding hydrogens is 326 g/mol. The summed E-state index contributed by atoms with van der Waals surface area (Å²) in [5.74, 6) is 0.549. The Balaban J connectivity index is 1.83. The zero-order valence-corrected chi connectivity index (χ0v) is 13.5. The van der Waals surface area contributed by atoms with Crippen molar-refractivity contribution in [3.63, 3.8) is 0 Å². The minimum Gasteiger partial charge on any atom is -0.340 e. The molecule has 24 heavy (non-hydrogen) atoms. The summed E-state index contributed by atoms with van der Waals surface area (Å²) in [6.45, 7) is 0. The van der Waals surface area contributed by atoms with E-state index in [9.17, 15) is 8.42 Å². The molecule has 7 nitrogen and oxygen atoms in total. The van der Waals surface area contributed by atoms with E-state index >= 15 is 0 Å². The topological polar surface area (TPSA) is 101 Å². The number of nitrogens with zero attached hydrogens (tertiary/aromatic N) is 3. The Morgan fingerprint density at radius 1 is 1.08 bits per heavy atom. The van der Waals surface area contributed by atoms with Gasteiger partial charge in [-0.15, -0.1) is 0 Å². The highest BCUT2D eigenvalue weighted by Gasteiger charge is 2.11. The van der Waals surface area contributed by atoms with Gasteiger partial charge in [0.2, 0.25) is 0 Å². The predicted octanol–water partition coefficient (Wildman–Crippen LogP) is 2.65. The van der Waals surface area contributed by atoms with Gasteiger partial charge in [0.15, 0.2) is 9.84 Å². The molecule has 2 heterocycles. The standard InChI is InChI=1S/C16H13N5O2S/c1-24(22,23)12-3-5-15-13(7-12)16(18-9-17-15)20-11-2-4-14-10(6-11)8-19-21-14/h2-9H,1H3,(H,19,21)(H,17,18,20). The molecule has 0 atom stereocenters. The fourth-order valence-corrected chi connectivity index (χ4v) is 3.17. The van der Waals surface area contributed by atoms with Gasteiger partial charge in [-0.25, -0.2) is 18.4 Å². The molecule has 8 heteroatoms. The fourth-order valence-electron chi connectivity index (χ4n) is 2.52. The molecule has 0 spiro atoms. The molecule has 2 aromatic carbocycles. The number of sulfone groups is 1. The lowest BCUT2D eigenvalue weighted by Crippen LogP contribution is -2.00. The Kier molecular flexibility index (Phi) is 3.20. The molecule has 2 N–H and O–H groups in total. The monoisotopic (exact) mass is 339 g/mol. The minimum atomic E-state index is -3.30. The summed E-state index contributed by atoms with van der Waals surface area (Å²) in [6.07, 6.45) is 4.36. The van der Waals surface area contributed by atoms with Gasteiger partial charge < -0.3 is 5.32 Å². The molecule has 0 unspecified atom stereocenters. The lowest BCUT2D eigenvalue weighted by Gasteiger charge is -2.09. The zero-order valence-electron chi connectivity index (χ0n) is 12.7. The van der Waals surface area contributed by atoms with Crippen molar-refractivity contribution in [1.82, 2.24) is 20.2 Å². The SMILES string of the molecule is CS(=O)(=O)c1ccc2ncnc(Nc3ccc4[nH]ncc4c3)c2c1. The van der Waals surface area contributed by atoms with Gasteiger partial charge in [0.25, 0.3) is 0 Å². The van der Waals surface area contributed by atoms with Crippen LogP contribution < -0.4 is 5.32 Å². The van der Waals surface area contributed by atoms with E-state index in [0.717, 1.165) is 16.6 Å². The third kappa shape index (κ3) is 2.56. The van der Waals surface area contributed by atoms with Crippen LogP contribution in [0.25, 0.3) is 21.8 Å². The zero-order chi connectivity index (χ0) is 16.7. The van der Waals surface area contributed by atoms with Crippen LogP contribution in [0, 0.1) is 0 Å². The van der Waals surface area contributed by atoms with Crippen molar-refractivity contribution in [1.29, 1.82) is 0 Å². The second-order valence-corrected chi connectivity index (χ2v) is 7.49. The van der Waals surface area contributed by atoms with E-state index in [1.807, 2.05) is 18.2 Å². The smallest absolute Gasteiger partial charge is 0.175 e. The first kappa shape index (κ1) is 14.6. The Labute approximate surface area is 137 Å². The van der Waals surface area contributed by atoms with E-state index in [0.29, 0.717) is 16.7 Å². The molecule has 0 aliphatic carbocycles. The Morgan fingerprint density at radius 2 is 1.96 bits per heavy atom. The molecule has 4 rings (SSSR count). The van der Waals surface area contributed by atoms with Crippen molar-refractivity contribution in [2.24, 2.45) is 0 Å². The normalized spacial score (nSPS) is 11.9. The summed E-state index contributed by atoms with van der Waals surface area (Å²) in [5, 5.41) is 11.7. The molecule has 2 aromatic heterocycles. The number of benzene rings is 2. The summed E-state index contributed by atoms with van der Waals surface area (Å²) >= 11 is 0. The van der Waals surface area contributed by atoms with E-state index in [-0.39, 0.29) is 4.90 Å². The largest absolute Gasteiger partial charge is 0.340 e. The number of hydrogen-bond donors (Lipinski definition) is 2. The lowest BCUT2D eigenvalue weighted by atomic mass is 10.2. The van der Waals surface area contributed by atoms with E-state index < -0.39 is 9.84 Å². The highest BCUT2D eigenvalue weighted by Crippen LogP contribution is 2.26. The average molecular weight is 339 g/mol. The summed E-state index contributed by atoms with van der Waals surface area (Å²) < 4.78 is 23.6. The number of hydrogen-bond acceptors (Lipinski definition) is 6. The molecule has 0 bridgehead atoms. The quantitative estimate of drug-likeness (QED) is 0.595. The molecular formula is C16H13N5O2S. The van der Waals surface area contributed by atoms with E-state index in [4.69, 9.17) is 0 Å². The van der Waals surface area contributed by atoms with Crippen LogP contribution in [0.1, 0.15) is 0 Å². The fraction of sp³-hybridized carbons (Fsp3) is 0.0625. The van der Waals surface area contributed by atoms with Gasteiger partial charge in [-0.1, -0.05) is 0 Å². The molecule has 120 valence electrons. The molecule has 4 aromatic rings. The summed E-state index contributed by atoms with van der Waals surface area (Å²) in [5.41, 5.74) is 2.44. The maximum absolute atomic E-state index is 11.8. The predicted molar refractivity (Wildman–Crippen MR) is 92.0 cm³/mol. The number of anilines is 2. The van der Waals surface area contributed by atoms with Crippen LogP contribution in [0.2, 0.25) is 0 Å². The van der Waals surface area contributed by atoms with Crippen molar-refractivity contribution < 1.29 is 8.42 Å². The van der Waals surface area contributed by atoms with E-state index in [1.54, 1.807) is 24.4 Å². The van der Waals surface area contributed by atoms with Gasteiger partial charge in [0, 0.05) is 22.7 Å². The highest BCUT2D eigenvalue weighted by atomic mass is 32.2. The summed E-state index contributed by atoms with van der Waals surface area (Å²) in [7, 11) is -3.30. The van der Waals surface area contributed by atoms with Crippen LogP contribution in [0.4, 0.5) is 11.5 Å². The second-order valence-electron chi connectivity index (χ2n) is 5.47. The number of H-pyrrole nitrogens is 1. The number of fused-ring (bicyclic) bond motifs is 2. The van der Waals surface area contributed by atoms with Gasteiger partial charge in [-0.05, 0) is 36.4 Å². The third-order valence-corrected chi connectivity index (χ3v) is 4.85. The minimum absolute atomic E-state index is 0.234. The Bertz CT molecular complexity index is 1170. The lowest BCUT2D eigenvalue weighted by molar-refractivity contribution is 0.602. The van der Waals surface area contributed by atoms with Crippen molar-refractivity contribution in [3.8, 4) is 0 Å². The number of rotatable bonds is 3. The molecule has 0 radical (unpaired) electrons. The maximum Gasteiger partial charge on any atom is 0.175 e. The van der Waals surface area contributed by atoms with Crippen molar-refractivity contribution >= 4 is 43.1 Å². The van der Waals surface area contributed by atoms with Crippen LogP contribution in [0.15, 0.2) is 53.8 Å². The summed E-state index contributed by atoms with van der Waals surface area (Å²) in [4.78, 5) is 8.67. The first-order valence-electron chi connectivity index (χ1n) is 7.16. The van der Waals surface area contributed by atoms with Gasteiger partial charge in [-0.3, -0.25) is 5.10 Å². The van der Waals surface area contributed by atoms with Gasteiger partial charge in [-0.2, -0.15) is 5.10 Å². The molecule has 0 saturated carbocycles. The van der Waals surface area contributed by atoms with Gasteiger partial charge >= 0.3 is 0 Å². The van der Waals surface area contributed by atoms with Crippen LogP contribution in [-0.4, -0.2) is 34.8 Å². The van der Waals surface area contributed by atoms with Crippen LogP contribution in [0.3, 0.4) is 0 Å². The number of nitrogens with one attached hydrogen (secondary N) is 2. The average Bonchev–Trinajstić information content (AvgIpc) is 3.01. The Morgan fingerprint density at radius 3 is 2.79 bits per heavy atom. The first-order valence-corrected chi connectivity index (χ1v) is 9.05. The first-order chi connectivity index (χ1) is 11.5. The highest BCUT2D eigenvalue weighted by molar-refractivity contribution is 7.90. The van der Waals surface area contributed by atoms with Crippen molar-refractivity contribution in [3.05, 3.63) is 48.9 Å². The number of aromatic amines is 1. The third-order valence-electron chi connectivity index (χ3n) is 3.74. The van der Waals surface area contributed by atoms with Crippen molar-refractivity contribution in [2.45, 2.75) is 4.90 Å². The second kappa shape index (κ2) is 5.27. The van der Waals surface area contributed by atoms with Crippen LogP contribution in [0.5, 0.6) is 0 Å². The molecule has 0 amide bonds. The van der Waals surface area contributed by atoms with Gasteiger partial charge in [0.05, 0.1) is 22.1 Å².